The molecule has 0 bridgehead atoms. The van der Waals surface area contributed by atoms with Crippen LogP contribution in [-0.4, -0.2) is 57.8 Å². The number of likely N-dealkylation sites (N-methyl/N-ethyl adjacent to an activating group) is 1. The zero-order valence-corrected chi connectivity index (χ0v) is 18.6. The van der Waals surface area contributed by atoms with Gasteiger partial charge in [-0.15, -0.1) is 5.10 Å². The molecule has 0 aromatic carbocycles. The van der Waals surface area contributed by atoms with Gasteiger partial charge in [-0.25, -0.2) is 4.98 Å². The van der Waals surface area contributed by atoms with E-state index >= 15 is 0 Å². The molecule has 4 rings (SSSR count). The lowest BCUT2D eigenvalue weighted by Gasteiger charge is -2.52. The van der Waals surface area contributed by atoms with Crippen molar-refractivity contribution in [3.8, 4) is 0 Å². The Hall–Kier alpha value is -3.00. The van der Waals surface area contributed by atoms with Crippen LogP contribution in [0, 0.1) is 13.8 Å². The predicted molar refractivity (Wildman–Crippen MR) is 122 cm³/mol. The fraction of sp³-hybridized carbons (Fsp3) is 0.455. The molecule has 8 heteroatoms. The summed E-state index contributed by atoms with van der Waals surface area (Å²) in [6.07, 6.45) is 1.90. The van der Waals surface area contributed by atoms with E-state index in [-0.39, 0.29) is 11.6 Å². The molecule has 0 radical (unpaired) electrons. The summed E-state index contributed by atoms with van der Waals surface area (Å²) in [5, 5.41) is 14.3. The molecule has 1 aliphatic heterocycles. The largest absolute Gasteiger partial charge is 0.399 e. The molecular formula is C22H30N8. The lowest BCUT2D eigenvalue weighted by molar-refractivity contribution is 0.132. The minimum Gasteiger partial charge on any atom is -0.399 e. The van der Waals surface area contributed by atoms with Crippen molar-refractivity contribution in [3.63, 3.8) is 0 Å². The standard InChI is InChI=1S/C22H30N8/c1-13-7-16(23)8-19(25-13)15(3)26-21-17-9-20(24-10-18(17)14(2)27-28-21)30-11-22(4,12-30)29(5)6/h7-10,15H,11-12H2,1-6H3,(H2,23,25)(H,26,28)/t15-/m1/s1. The number of aryl methyl sites for hydroxylation is 2. The predicted octanol–water partition coefficient (Wildman–Crippen LogP) is 2.93. The van der Waals surface area contributed by atoms with Gasteiger partial charge in [-0.3, -0.25) is 4.98 Å². The molecule has 1 aliphatic rings. The zero-order valence-electron chi connectivity index (χ0n) is 18.6. The van der Waals surface area contributed by atoms with Crippen molar-refractivity contribution in [2.75, 3.05) is 43.1 Å². The van der Waals surface area contributed by atoms with Crippen LogP contribution in [0.1, 0.15) is 37.0 Å². The van der Waals surface area contributed by atoms with Gasteiger partial charge in [-0.05, 0) is 60.0 Å². The summed E-state index contributed by atoms with van der Waals surface area (Å²) < 4.78 is 0. The third-order valence-electron chi connectivity index (χ3n) is 6.09. The quantitative estimate of drug-likeness (QED) is 0.668. The van der Waals surface area contributed by atoms with Crippen LogP contribution in [0.5, 0.6) is 0 Å². The van der Waals surface area contributed by atoms with Gasteiger partial charge < -0.3 is 20.9 Å². The van der Waals surface area contributed by atoms with Gasteiger partial charge in [0.2, 0.25) is 0 Å². The molecule has 1 atom stereocenters. The van der Waals surface area contributed by atoms with Gasteiger partial charge in [0.1, 0.15) is 5.82 Å². The molecule has 4 heterocycles. The van der Waals surface area contributed by atoms with Crippen molar-refractivity contribution in [1.29, 1.82) is 0 Å². The average Bonchev–Trinajstić information content (AvgIpc) is 2.66. The number of nitrogens with two attached hydrogens (primary N) is 1. The number of rotatable bonds is 5. The Morgan fingerprint density at radius 3 is 2.53 bits per heavy atom. The summed E-state index contributed by atoms with van der Waals surface area (Å²) in [6.45, 7) is 10.1. The van der Waals surface area contributed by atoms with Crippen LogP contribution in [0.3, 0.4) is 0 Å². The molecular weight excluding hydrogens is 376 g/mol. The highest BCUT2D eigenvalue weighted by atomic mass is 15.3. The van der Waals surface area contributed by atoms with Crippen LogP contribution in [-0.2, 0) is 0 Å². The highest BCUT2D eigenvalue weighted by molar-refractivity contribution is 5.94. The van der Waals surface area contributed by atoms with Crippen LogP contribution >= 0.6 is 0 Å². The molecule has 8 nitrogen and oxygen atoms in total. The summed E-state index contributed by atoms with van der Waals surface area (Å²) in [7, 11) is 4.25. The molecule has 3 N–H and O–H groups in total. The first-order chi connectivity index (χ1) is 14.2. The summed E-state index contributed by atoms with van der Waals surface area (Å²) in [4.78, 5) is 13.9. The van der Waals surface area contributed by atoms with E-state index in [4.69, 9.17) is 10.7 Å². The molecule has 30 heavy (non-hydrogen) atoms. The maximum absolute atomic E-state index is 6.01. The third kappa shape index (κ3) is 3.63. The number of fused-ring (bicyclic) bond motifs is 1. The Morgan fingerprint density at radius 2 is 1.87 bits per heavy atom. The fourth-order valence-corrected chi connectivity index (χ4v) is 3.88. The molecule has 3 aromatic rings. The Morgan fingerprint density at radius 1 is 1.13 bits per heavy atom. The van der Waals surface area contributed by atoms with Crippen LogP contribution in [0.4, 0.5) is 17.3 Å². The number of nitrogens with one attached hydrogen (secondary N) is 1. The average molecular weight is 407 g/mol. The van der Waals surface area contributed by atoms with Gasteiger partial charge in [0, 0.05) is 41.4 Å². The number of aromatic nitrogens is 4. The monoisotopic (exact) mass is 406 g/mol. The molecule has 0 spiro atoms. The van der Waals surface area contributed by atoms with Crippen molar-refractivity contribution < 1.29 is 0 Å². The molecule has 0 unspecified atom stereocenters. The lowest BCUT2D eigenvalue weighted by Crippen LogP contribution is -2.67. The highest BCUT2D eigenvalue weighted by Crippen LogP contribution is 2.33. The number of hydrogen-bond donors (Lipinski definition) is 2. The van der Waals surface area contributed by atoms with E-state index < -0.39 is 0 Å². The van der Waals surface area contributed by atoms with E-state index in [1.54, 1.807) is 0 Å². The van der Waals surface area contributed by atoms with E-state index in [1.807, 2.05) is 32.2 Å². The summed E-state index contributed by atoms with van der Waals surface area (Å²) >= 11 is 0. The van der Waals surface area contributed by atoms with E-state index in [0.29, 0.717) is 5.69 Å². The van der Waals surface area contributed by atoms with Gasteiger partial charge in [-0.2, -0.15) is 5.10 Å². The summed E-state index contributed by atoms with van der Waals surface area (Å²) in [6, 6.07) is 5.80. The highest BCUT2D eigenvalue weighted by Gasteiger charge is 2.41. The number of hydrogen-bond acceptors (Lipinski definition) is 8. The van der Waals surface area contributed by atoms with Crippen molar-refractivity contribution in [2.24, 2.45) is 0 Å². The first kappa shape index (κ1) is 20.3. The number of nitrogen functional groups attached to an aromatic ring is 1. The second-order valence-corrected chi connectivity index (χ2v) is 8.80. The van der Waals surface area contributed by atoms with Gasteiger partial charge in [0.25, 0.3) is 0 Å². The van der Waals surface area contributed by atoms with E-state index in [1.165, 1.54) is 0 Å². The maximum atomic E-state index is 6.01. The Kier molecular flexibility index (Phi) is 4.97. The zero-order chi connectivity index (χ0) is 21.6. The third-order valence-corrected chi connectivity index (χ3v) is 6.09. The second kappa shape index (κ2) is 7.36. The minimum atomic E-state index is -0.0648. The second-order valence-electron chi connectivity index (χ2n) is 8.80. The van der Waals surface area contributed by atoms with E-state index in [2.05, 4.69) is 64.3 Å². The molecule has 1 fully saturated rings. The van der Waals surface area contributed by atoms with E-state index in [9.17, 15) is 0 Å². The Labute approximate surface area is 177 Å². The van der Waals surface area contributed by atoms with Crippen LogP contribution in [0.15, 0.2) is 24.4 Å². The van der Waals surface area contributed by atoms with Crippen LogP contribution < -0.4 is 16.0 Å². The van der Waals surface area contributed by atoms with Crippen molar-refractivity contribution in [1.82, 2.24) is 25.1 Å². The maximum Gasteiger partial charge on any atom is 0.157 e. The number of anilines is 3. The smallest absolute Gasteiger partial charge is 0.157 e. The van der Waals surface area contributed by atoms with Gasteiger partial charge >= 0.3 is 0 Å². The normalized spacial score (nSPS) is 16.6. The SMILES string of the molecule is Cc1cc(N)cc([C@@H](C)Nc2nnc(C)c3cnc(N4CC(C)(N(C)C)C4)cc23)n1. The molecule has 0 amide bonds. The molecule has 0 saturated carbocycles. The molecule has 1 saturated heterocycles. The van der Waals surface area contributed by atoms with Crippen molar-refractivity contribution >= 4 is 28.1 Å². The Balaban J connectivity index is 1.65. The van der Waals surface area contributed by atoms with Gasteiger partial charge in [0.05, 0.1) is 23.0 Å². The van der Waals surface area contributed by atoms with E-state index in [0.717, 1.165) is 52.6 Å². The fourth-order valence-electron chi connectivity index (χ4n) is 3.88. The number of nitrogens with zero attached hydrogens (tertiary/aromatic N) is 6. The molecule has 158 valence electrons. The van der Waals surface area contributed by atoms with Crippen LogP contribution in [0.2, 0.25) is 0 Å². The Bertz CT molecular complexity index is 1070. The van der Waals surface area contributed by atoms with Gasteiger partial charge in [0.15, 0.2) is 5.82 Å². The molecule has 0 aliphatic carbocycles. The van der Waals surface area contributed by atoms with Crippen molar-refractivity contribution in [3.05, 3.63) is 41.5 Å². The first-order valence-electron chi connectivity index (χ1n) is 10.2. The summed E-state index contributed by atoms with van der Waals surface area (Å²) in [5.74, 6) is 1.69. The van der Waals surface area contributed by atoms with Crippen LogP contribution in [0.25, 0.3) is 10.8 Å². The lowest BCUT2D eigenvalue weighted by atomic mass is 9.91. The van der Waals surface area contributed by atoms with Gasteiger partial charge in [-0.1, -0.05) is 0 Å². The first-order valence-corrected chi connectivity index (χ1v) is 10.2. The van der Waals surface area contributed by atoms with Crippen molar-refractivity contribution in [2.45, 2.75) is 39.3 Å². The topological polar surface area (TPSA) is 96.1 Å². The number of pyridine rings is 2. The minimum absolute atomic E-state index is 0.0648. The molecule has 3 aromatic heterocycles. The summed E-state index contributed by atoms with van der Waals surface area (Å²) in [5.41, 5.74) is 9.52.